The quantitative estimate of drug-likeness (QED) is 0.827. The molecule has 1 aliphatic heterocycles. The molecule has 0 spiro atoms. The van der Waals surface area contributed by atoms with Crippen molar-refractivity contribution in [3.8, 4) is 0 Å². The Balaban J connectivity index is 2.08. The topological polar surface area (TPSA) is 41.1 Å². The zero-order valence-electron chi connectivity index (χ0n) is 10.1. The van der Waals surface area contributed by atoms with Crippen molar-refractivity contribution in [3.05, 3.63) is 18.1 Å². The maximum atomic E-state index is 4.67. The van der Waals surface area contributed by atoms with Gasteiger partial charge in [0.2, 0.25) is 0 Å². The number of nitrogens with one attached hydrogen (secondary N) is 1. The van der Waals surface area contributed by atoms with Gasteiger partial charge in [0.25, 0.3) is 0 Å². The molecule has 0 amide bonds. The maximum Gasteiger partial charge on any atom is 0.147 e. The molecule has 1 fully saturated rings. The first-order chi connectivity index (χ1) is 7.75. The molecule has 0 atom stereocenters. The predicted molar refractivity (Wildman–Crippen MR) is 65.7 cm³/mol. The van der Waals surface area contributed by atoms with Gasteiger partial charge in [-0.2, -0.15) is 0 Å². The highest BCUT2D eigenvalue weighted by molar-refractivity contribution is 5.37. The molecule has 0 aliphatic carbocycles. The van der Waals surface area contributed by atoms with E-state index in [0.29, 0.717) is 5.92 Å². The van der Waals surface area contributed by atoms with Gasteiger partial charge in [-0.05, 0) is 12.3 Å². The van der Waals surface area contributed by atoms with Crippen LogP contribution >= 0.6 is 0 Å². The van der Waals surface area contributed by atoms with Gasteiger partial charge in [0.1, 0.15) is 5.82 Å². The van der Waals surface area contributed by atoms with Crippen LogP contribution in [0, 0.1) is 5.92 Å². The van der Waals surface area contributed by atoms with Crippen molar-refractivity contribution in [2.24, 2.45) is 5.92 Å². The monoisotopic (exact) mass is 220 g/mol. The molecule has 4 heteroatoms. The largest absolute Gasteiger partial charge is 0.353 e. The molecule has 0 bridgehead atoms. The molecular formula is C12H20N4. The second kappa shape index (κ2) is 5.25. The fraction of sp³-hybridized carbons (Fsp3) is 0.667. The summed E-state index contributed by atoms with van der Waals surface area (Å²) >= 11 is 0. The zero-order valence-corrected chi connectivity index (χ0v) is 10.1. The first kappa shape index (κ1) is 11.3. The third-order valence-electron chi connectivity index (χ3n) is 2.73. The first-order valence-electron chi connectivity index (χ1n) is 6.02. The van der Waals surface area contributed by atoms with Crippen molar-refractivity contribution in [3.63, 3.8) is 0 Å². The standard InChI is InChI=1S/C12H20N4/c1-10(2)7-11-8-14-9-12(15-11)16-5-3-13-4-6-16/h8-10,13H,3-7H2,1-2H3. The summed E-state index contributed by atoms with van der Waals surface area (Å²) in [7, 11) is 0. The Labute approximate surface area is 97.1 Å². The van der Waals surface area contributed by atoms with E-state index in [2.05, 4.69) is 34.0 Å². The second-order valence-corrected chi connectivity index (χ2v) is 4.70. The van der Waals surface area contributed by atoms with Crippen molar-refractivity contribution >= 4 is 5.82 Å². The molecule has 1 N–H and O–H groups in total. The molecule has 16 heavy (non-hydrogen) atoms. The number of piperazine rings is 1. The van der Waals surface area contributed by atoms with E-state index in [0.717, 1.165) is 44.1 Å². The summed E-state index contributed by atoms with van der Waals surface area (Å²) in [4.78, 5) is 11.3. The van der Waals surface area contributed by atoms with Gasteiger partial charge in [0.15, 0.2) is 0 Å². The molecular weight excluding hydrogens is 200 g/mol. The van der Waals surface area contributed by atoms with Crippen molar-refractivity contribution in [1.29, 1.82) is 0 Å². The number of nitrogens with zero attached hydrogens (tertiary/aromatic N) is 3. The van der Waals surface area contributed by atoms with Crippen molar-refractivity contribution in [1.82, 2.24) is 15.3 Å². The van der Waals surface area contributed by atoms with E-state index in [1.165, 1.54) is 0 Å². The molecule has 2 heterocycles. The van der Waals surface area contributed by atoms with E-state index in [-0.39, 0.29) is 0 Å². The van der Waals surface area contributed by atoms with Crippen LogP contribution < -0.4 is 10.2 Å². The molecule has 0 unspecified atom stereocenters. The Kier molecular flexibility index (Phi) is 3.72. The summed E-state index contributed by atoms with van der Waals surface area (Å²) < 4.78 is 0. The van der Waals surface area contributed by atoms with Gasteiger partial charge in [-0.15, -0.1) is 0 Å². The Bertz CT molecular complexity index is 332. The minimum Gasteiger partial charge on any atom is -0.353 e. The molecule has 1 saturated heterocycles. The molecule has 0 radical (unpaired) electrons. The van der Waals surface area contributed by atoms with Crippen molar-refractivity contribution in [2.45, 2.75) is 20.3 Å². The van der Waals surface area contributed by atoms with Crippen LogP contribution in [0.15, 0.2) is 12.4 Å². The number of aromatic nitrogens is 2. The summed E-state index contributed by atoms with van der Waals surface area (Å²) in [5, 5.41) is 3.34. The lowest BCUT2D eigenvalue weighted by molar-refractivity contribution is 0.580. The fourth-order valence-electron chi connectivity index (χ4n) is 1.96. The molecule has 1 aliphatic rings. The smallest absolute Gasteiger partial charge is 0.147 e. The van der Waals surface area contributed by atoms with Crippen LogP contribution in [0.5, 0.6) is 0 Å². The van der Waals surface area contributed by atoms with E-state index in [1.54, 1.807) is 0 Å². The van der Waals surface area contributed by atoms with Gasteiger partial charge in [0, 0.05) is 32.4 Å². The molecule has 0 saturated carbocycles. The first-order valence-corrected chi connectivity index (χ1v) is 6.02. The van der Waals surface area contributed by atoms with Crippen LogP contribution in [0.2, 0.25) is 0 Å². The van der Waals surface area contributed by atoms with E-state index in [9.17, 15) is 0 Å². The van der Waals surface area contributed by atoms with Gasteiger partial charge in [-0.25, -0.2) is 4.98 Å². The van der Waals surface area contributed by atoms with Gasteiger partial charge >= 0.3 is 0 Å². The summed E-state index contributed by atoms with van der Waals surface area (Å²) in [6.45, 7) is 8.55. The van der Waals surface area contributed by atoms with E-state index in [4.69, 9.17) is 0 Å². The second-order valence-electron chi connectivity index (χ2n) is 4.70. The molecule has 1 aromatic heterocycles. The lowest BCUT2D eigenvalue weighted by Gasteiger charge is -2.28. The third-order valence-corrected chi connectivity index (χ3v) is 2.73. The Hall–Kier alpha value is -1.16. The van der Waals surface area contributed by atoms with E-state index >= 15 is 0 Å². The highest BCUT2D eigenvalue weighted by Crippen LogP contribution is 2.12. The van der Waals surface area contributed by atoms with Crippen molar-refractivity contribution in [2.75, 3.05) is 31.1 Å². The predicted octanol–water partition coefficient (Wildman–Crippen LogP) is 1.08. The highest BCUT2D eigenvalue weighted by atomic mass is 15.2. The molecule has 1 aromatic rings. The summed E-state index contributed by atoms with van der Waals surface area (Å²) in [6.07, 6.45) is 4.76. The average Bonchev–Trinajstić information content (AvgIpc) is 2.30. The molecule has 88 valence electrons. The lowest BCUT2D eigenvalue weighted by atomic mass is 10.1. The van der Waals surface area contributed by atoms with Crippen LogP contribution in [-0.4, -0.2) is 36.1 Å². The number of rotatable bonds is 3. The van der Waals surface area contributed by atoms with Crippen molar-refractivity contribution < 1.29 is 0 Å². The minimum absolute atomic E-state index is 0.632. The molecule has 2 rings (SSSR count). The highest BCUT2D eigenvalue weighted by Gasteiger charge is 2.12. The van der Waals surface area contributed by atoms with E-state index < -0.39 is 0 Å². The third kappa shape index (κ3) is 2.92. The summed E-state index contributed by atoms with van der Waals surface area (Å²) in [5.74, 6) is 1.66. The zero-order chi connectivity index (χ0) is 11.4. The lowest BCUT2D eigenvalue weighted by Crippen LogP contribution is -2.44. The van der Waals surface area contributed by atoms with Gasteiger partial charge in [-0.3, -0.25) is 4.98 Å². The number of hydrogen-bond donors (Lipinski definition) is 1. The van der Waals surface area contributed by atoms with Crippen LogP contribution in [0.4, 0.5) is 5.82 Å². The van der Waals surface area contributed by atoms with Gasteiger partial charge in [-0.1, -0.05) is 13.8 Å². The van der Waals surface area contributed by atoms with Gasteiger partial charge in [0.05, 0.1) is 11.9 Å². The Morgan fingerprint density at radius 2 is 2.06 bits per heavy atom. The normalized spacial score (nSPS) is 16.8. The number of anilines is 1. The van der Waals surface area contributed by atoms with Crippen LogP contribution in [0.1, 0.15) is 19.5 Å². The molecule has 4 nitrogen and oxygen atoms in total. The SMILES string of the molecule is CC(C)Cc1cncc(N2CCNCC2)n1. The average molecular weight is 220 g/mol. The Morgan fingerprint density at radius 1 is 1.31 bits per heavy atom. The maximum absolute atomic E-state index is 4.67. The summed E-state index contributed by atoms with van der Waals surface area (Å²) in [5.41, 5.74) is 1.10. The number of hydrogen-bond acceptors (Lipinski definition) is 4. The van der Waals surface area contributed by atoms with Crippen LogP contribution in [0.3, 0.4) is 0 Å². The van der Waals surface area contributed by atoms with Gasteiger partial charge < -0.3 is 10.2 Å². The Morgan fingerprint density at radius 3 is 2.75 bits per heavy atom. The summed E-state index contributed by atoms with van der Waals surface area (Å²) in [6, 6.07) is 0. The van der Waals surface area contributed by atoms with Crippen LogP contribution in [0.25, 0.3) is 0 Å². The fourth-order valence-corrected chi connectivity index (χ4v) is 1.96. The minimum atomic E-state index is 0.632. The van der Waals surface area contributed by atoms with E-state index in [1.807, 2.05) is 12.4 Å². The molecule has 0 aromatic carbocycles. The van der Waals surface area contributed by atoms with Crippen LogP contribution in [-0.2, 0) is 6.42 Å².